The van der Waals surface area contributed by atoms with Crippen LogP contribution in [0.4, 0.5) is 0 Å². The fraction of sp³-hybridized carbons (Fsp3) is 0.263. The Balaban J connectivity index is 1.57. The van der Waals surface area contributed by atoms with Crippen molar-refractivity contribution in [1.82, 2.24) is 5.32 Å². The lowest BCUT2D eigenvalue weighted by atomic mass is 10.2. The minimum Gasteiger partial charge on any atom is -0.456 e. The van der Waals surface area contributed by atoms with E-state index in [4.69, 9.17) is 9.47 Å². The molecule has 1 aliphatic heterocycles. The van der Waals surface area contributed by atoms with Gasteiger partial charge >= 0.3 is 5.97 Å². The maximum Gasteiger partial charge on any atom is 0.342 e. The van der Waals surface area contributed by atoms with Gasteiger partial charge in [0, 0.05) is 6.04 Å². The third-order valence-corrected chi connectivity index (χ3v) is 5.78. The summed E-state index contributed by atoms with van der Waals surface area (Å²) < 4.78 is 33.6. The number of carbonyl (C=O) groups excluding carboxylic acids is 2. The Morgan fingerprint density at radius 3 is 2.44 bits per heavy atom. The third kappa shape index (κ3) is 5.30. The second-order valence-corrected chi connectivity index (χ2v) is 8.38. The number of sulfone groups is 1. The van der Waals surface area contributed by atoms with Crippen LogP contribution in [0.15, 0.2) is 54.6 Å². The molecule has 2 aromatic carbocycles. The van der Waals surface area contributed by atoms with Gasteiger partial charge in [-0.3, -0.25) is 4.79 Å². The number of benzene rings is 2. The van der Waals surface area contributed by atoms with Gasteiger partial charge < -0.3 is 14.8 Å². The van der Waals surface area contributed by atoms with Gasteiger partial charge in [-0.15, -0.1) is 0 Å². The molecule has 0 saturated carbocycles. The van der Waals surface area contributed by atoms with E-state index in [2.05, 4.69) is 5.32 Å². The largest absolute Gasteiger partial charge is 0.456 e. The fourth-order valence-corrected chi connectivity index (χ4v) is 4.40. The van der Waals surface area contributed by atoms with E-state index in [1.165, 1.54) is 0 Å². The molecule has 1 N–H and O–H groups in total. The molecule has 0 aliphatic carbocycles. The second kappa shape index (κ2) is 8.22. The first kappa shape index (κ1) is 18.9. The van der Waals surface area contributed by atoms with E-state index in [0.29, 0.717) is 17.9 Å². The summed E-state index contributed by atoms with van der Waals surface area (Å²) in [6, 6.07) is 15.1. The van der Waals surface area contributed by atoms with Gasteiger partial charge in [-0.05, 0) is 30.7 Å². The molecule has 0 radical (unpaired) electrons. The Labute approximate surface area is 157 Å². The number of hydrogen-bond acceptors (Lipinski definition) is 6. The summed E-state index contributed by atoms with van der Waals surface area (Å²) in [6.07, 6.45) is 0.371. The highest BCUT2D eigenvalue weighted by molar-refractivity contribution is 7.91. The quantitative estimate of drug-likeness (QED) is 0.758. The van der Waals surface area contributed by atoms with Crippen LogP contribution < -0.4 is 10.1 Å². The van der Waals surface area contributed by atoms with Crippen molar-refractivity contribution in [3.8, 4) is 11.5 Å². The molecule has 2 aromatic rings. The van der Waals surface area contributed by atoms with E-state index < -0.39 is 34.4 Å². The van der Waals surface area contributed by atoms with Crippen LogP contribution >= 0.6 is 0 Å². The van der Waals surface area contributed by atoms with Crippen molar-refractivity contribution in [1.29, 1.82) is 0 Å². The predicted octanol–water partition coefficient (Wildman–Crippen LogP) is 1.94. The van der Waals surface area contributed by atoms with Crippen molar-refractivity contribution < 1.29 is 27.5 Å². The van der Waals surface area contributed by atoms with Crippen LogP contribution in [0.3, 0.4) is 0 Å². The SMILES string of the molecule is O=C(COC(=O)c1ccccc1Oc1ccccc1)N[C@H]1CCS(=O)(=O)C1. The van der Waals surface area contributed by atoms with Crippen LogP contribution in [0, 0.1) is 0 Å². The summed E-state index contributed by atoms with van der Waals surface area (Å²) >= 11 is 0. The van der Waals surface area contributed by atoms with Gasteiger partial charge in [-0.2, -0.15) is 0 Å². The molecule has 1 amide bonds. The van der Waals surface area contributed by atoms with E-state index in [9.17, 15) is 18.0 Å². The number of amides is 1. The molecule has 0 unspecified atom stereocenters. The average molecular weight is 389 g/mol. The molecule has 142 valence electrons. The van der Waals surface area contributed by atoms with Gasteiger partial charge in [0.15, 0.2) is 16.4 Å². The molecule has 0 bridgehead atoms. The summed E-state index contributed by atoms with van der Waals surface area (Å²) in [7, 11) is -3.09. The van der Waals surface area contributed by atoms with Gasteiger partial charge in [0.25, 0.3) is 5.91 Å². The standard InChI is InChI=1S/C19H19NO6S/c21-18(20-14-10-11-27(23,24)13-14)12-25-19(22)16-8-4-5-9-17(16)26-15-6-2-1-3-7-15/h1-9,14H,10-13H2,(H,20,21)/t14-/m0/s1. The minimum atomic E-state index is -3.09. The Kier molecular flexibility index (Phi) is 5.75. The van der Waals surface area contributed by atoms with Crippen LogP contribution in [-0.4, -0.2) is 44.4 Å². The van der Waals surface area contributed by atoms with Gasteiger partial charge in [0.05, 0.1) is 11.5 Å². The van der Waals surface area contributed by atoms with E-state index in [-0.39, 0.29) is 17.1 Å². The van der Waals surface area contributed by atoms with Gasteiger partial charge in [0.2, 0.25) is 0 Å². The van der Waals surface area contributed by atoms with E-state index in [0.717, 1.165) is 0 Å². The highest BCUT2D eigenvalue weighted by Crippen LogP contribution is 2.25. The van der Waals surface area contributed by atoms with Gasteiger partial charge in [-0.25, -0.2) is 13.2 Å². The maximum absolute atomic E-state index is 12.3. The predicted molar refractivity (Wildman–Crippen MR) is 98.4 cm³/mol. The van der Waals surface area contributed by atoms with Gasteiger partial charge in [0.1, 0.15) is 17.1 Å². The zero-order valence-corrected chi connectivity index (χ0v) is 15.3. The third-order valence-electron chi connectivity index (χ3n) is 4.01. The Bertz CT molecular complexity index is 926. The first-order valence-electron chi connectivity index (χ1n) is 8.42. The summed E-state index contributed by atoms with van der Waals surface area (Å²) in [5.41, 5.74) is 0.192. The second-order valence-electron chi connectivity index (χ2n) is 6.15. The molecule has 8 heteroatoms. The monoisotopic (exact) mass is 389 g/mol. The average Bonchev–Trinajstić information content (AvgIpc) is 2.99. The van der Waals surface area contributed by atoms with Crippen LogP contribution in [0.5, 0.6) is 11.5 Å². The number of ether oxygens (including phenoxy) is 2. The number of rotatable bonds is 6. The molecule has 1 fully saturated rings. The zero-order valence-electron chi connectivity index (χ0n) is 14.5. The van der Waals surface area contributed by atoms with E-state index >= 15 is 0 Å². The molecule has 1 aliphatic rings. The summed E-state index contributed by atoms with van der Waals surface area (Å²) in [5, 5.41) is 2.57. The fourth-order valence-electron chi connectivity index (χ4n) is 2.73. The summed E-state index contributed by atoms with van der Waals surface area (Å²) in [5.74, 6) is -0.376. The molecule has 1 heterocycles. The normalized spacial score (nSPS) is 17.9. The van der Waals surface area contributed by atoms with Gasteiger partial charge in [-0.1, -0.05) is 30.3 Å². The lowest BCUT2D eigenvalue weighted by Crippen LogP contribution is -2.38. The Morgan fingerprint density at radius 2 is 1.74 bits per heavy atom. The lowest BCUT2D eigenvalue weighted by Gasteiger charge is -2.12. The molecule has 1 saturated heterocycles. The highest BCUT2D eigenvalue weighted by atomic mass is 32.2. The van der Waals surface area contributed by atoms with Crippen molar-refractivity contribution in [2.45, 2.75) is 12.5 Å². The summed E-state index contributed by atoms with van der Waals surface area (Å²) in [6.45, 7) is -0.491. The van der Waals surface area contributed by atoms with E-state index in [1.807, 2.05) is 18.2 Å². The molecule has 1 atom stereocenters. The Hall–Kier alpha value is -2.87. The molecular weight excluding hydrogens is 370 g/mol. The number of carbonyl (C=O) groups is 2. The van der Waals surface area contributed by atoms with E-state index in [1.54, 1.807) is 36.4 Å². The molecular formula is C19H19NO6S. The zero-order chi connectivity index (χ0) is 19.3. The number of esters is 1. The summed E-state index contributed by atoms with van der Waals surface area (Å²) in [4.78, 5) is 24.2. The van der Waals surface area contributed by atoms with Crippen molar-refractivity contribution in [3.63, 3.8) is 0 Å². The molecule has 7 nitrogen and oxygen atoms in total. The number of hydrogen-bond donors (Lipinski definition) is 1. The van der Waals surface area contributed by atoms with Crippen molar-refractivity contribution in [2.75, 3.05) is 18.1 Å². The molecule has 0 spiro atoms. The van der Waals surface area contributed by atoms with Crippen LogP contribution in [0.1, 0.15) is 16.8 Å². The first-order chi connectivity index (χ1) is 12.9. The number of para-hydroxylation sites is 2. The lowest BCUT2D eigenvalue weighted by molar-refractivity contribution is -0.124. The smallest absolute Gasteiger partial charge is 0.342 e. The molecule has 0 aromatic heterocycles. The van der Waals surface area contributed by atoms with Crippen molar-refractivity contribution >= 4 is 21.7 Å². The van der Waals surface area contributed by atoms with Crippen molar-refractivity contribution in [2.24, 2.45) is 0 Å². The first-order valence-corrected chi connectivity index (χ1v) is 10.2. The van der Waals surface area contributed by atoms with Crippen molar-refractivity contribution in [3.05, 3.63) is 60.2 Å². The Morgan fingerprint density at radius 1 is 1.04 bits per heavy atom. The van der Waals surface area contributed by atoms with Crippen LogP contribution in [0.25, 0.3) is 0 Å². The topological polar surface area (TPSA) is 98.8 Å². The molecule has 27 heavy (non-hydrogen) atoms. The maximum atomic E-state index is 12.3. The van der Waals surface area contributed by atoms with Crippen LogP contribution in [0.2, 0.25) is 0 Å². The molecule has 3 rings (SSSR count). The minimum absolute atomic E-state index is 0.0575. The van der Waals surface area contributed by atoms with Crippen LogP contribution in [-0.2, 0) is 19.4 Å². The number of nitrogens with one attached hydrogen (secondary N) is 1. The highest BCUT2D eigenvalue weighted by Gasteiger charge is 2.29.